The van der Waals surface area contributed by atoms with Crippen molar-refractivity contribution in [1.82, 2.24) is 5.32 Å². The number of rotatable bonds is 1. The van der Waals surface area contributed by atoms with Gasteiger partial charge < -0.3 is 10.1 Å². The molecule has 0 aromatic heterocycles. The third-order valence-electron chi connectivity index (χ3n) is 1.96. The van der Waals surface area contributed by atoms with Gasteiger partial charge in [0.05, 0.1) is 6.61 Å². The van der Waals surface area contributed by atoms with Crippen molar-refractivity contribution < 1.29 is 9.53 Å². The summed E-state index contributed by atoms with van der Waals surface area (Å²) in [6, 6.07) is 0. The lowest BCUT2D eigenvalue weighted by molar-refractivity contribution is -0.139. The topological polar surface area (TPSA) is 38.3 Å². The Balaban J connectivity index is 2.51. The first-order valence-electron chi connectivity index (χ1n) is 4.38. The molecule has 3 heteroatoms. The molecule has 1 heterocycles. The summed E-state index contributed by atoms with van der Waals surface area (Å²) in [7, 11) is 0. The number of hydrogen-bond acceptors (Lipinski definition) is 3. The van der Waals surface area contributed by atoms with E-state index in [1.165, 1.54) is 0 Å². The molecule has 1 N–H and O–H groups in total. The van der Waals surface area contributed by atoms with E-state index >= 15 is 0 Å². The molecule has 1 fully saturated rings. The lowest BCUT2D eigenvalue weighted by Gasteiger charge is -2.28. The van der Waals surface area contributed by atoms with Gasteiger partial charge in [-0.3, -0.25) is 4.79 Å². The number of carbonyl (C=O) groups excluding carboxylic acids is 1. The summed E-state index contributed by atoms with van der Waals surface area (Å²) in [4.78, 5) is 11.7. The van der Waals surface area contributed by atoms with Gasteiger partial charge in [0.2, 0.25) is 0 Å². The number of ether oxygens (including phenoxy) is 1. The molecule has 1 atom stereocenters. The quantitative estimate of drug-likeness (QED) is 0.627. The first kappa shape index (κ1) is 9.68. The molecular formula is C9H17NO2. The Hall–Kier alpha value is -0.410. The third kappa shape index (κ3) is 2.29. The predicted octanol–water partition coefficient (Wildman–Crippen LogP) is 0.590. The number of Topliss-reactive ketones (excluding diaryl/α,β-unsaturated/α-hetero) is 1. The van der Waals surface area contributed by atoms with E-state index in [1.54, 1.807) is 0 Å². The average molecular weight is 171 g/mol. The lowest BCUT2D eigenvalue weighted by atomic mass is 9.87. The number of hydrogen-bond donors (Lipinski definition) is 1. The van der Waals surface area contributed by atoms with Crippen LogP contribution < -0.4 is 5.32 Å². The standard InChI is InChI=1S/C9H17NO2/c1-9(2,3)8(11)7-6-10-4-5-12-7/h7,10H,4-6H2,1-3H3. The number of morpholine rings is 1. The van der Waals surface area contributed by atoms with Crippen LogP contribution in [0.25, 0.3) is 0 Å². The van der Waals surface area contributed by atoms with Gasteiger partial charge in [-0.15, -0.1) is 0 Å². The minimum Gasteiger partial charge on any atom is -0.368 e. The molecule has 0 bridgehead atoms. The molecular weight excluding hydrogens is 154 g/mol. The van der Waals surface area contributed by atoms with Gasteiger partial charge in [0, 0.05) is 18.5 Å². The fourth-order valence-electron chi connectivity index (χ4n) is 1.22. The van der Waals surface area contributed by atoms with Crippen LogP contribution in [0.15, 0.2) is 0 Å². The molecule has 1 aliphatic heterocycles. The van der Waals surface area contributed by atoms with Crippen molar-refractivity contribution in [3.63, 3.8) is 0 Å². The van der Waals surface area contributed by atoms with Crippen molar-refractivity contribution in [2.45, 2.75) is 26.9 Å². The zero-order valence-corrected chi connectivity index (χ0v) is 8.02. The van der Waals surface area contributed by atoms with Crippen molar-refractivity contribution in [2.75, 3.05) is 19.7 Å². The monoisotopic (exact) mass is 171 g/mol. The van der Waals surface area contributed by atoms with Crippen molar-refractivity contribution in [3.05, 3.63) is 0 Å². The van der Waals surface area contributed by atoms with Gasteiger partial charge in [0.25, 0.3) is 0 Å². The summed E-state index contributed by atoms with van der Waals surface area (Å²) in [6.45, 7) is 7.93. The Morgan fingerprint density at radius 2 is 2.17 bits per heavy atom. The van der Waals surface area contributed by atoms with Gasteiger partial charge in [-0.25, -0.2) is 0 Å². The molecule has 0 aromatic rings. The second-order valence-corrected chi connectivity index (χ2v) is 4.18. The summed E-state index contributed by atoms with van der Waals surface area (Å²) < 4.78 is 5.35. The highest BCUT2D eigenvalue weighted by Crippen LogP contribution is 2.18. The van der Waals surface area contributed by atoms with Crippen LogP contribution in [0, 0.1) is 5.41 Å². The second-order valence-electron chi connectivity index (χ2n) is 4.18. The molecule has 1 unspecified atom stereocenters. The first-order valence-corrected chi connectivity index (χ1v) is 4.38. The highest BCUT2D eigenvalue weighted by atomic mass is 16.5. The summed E-state index contributed by atoms with van der Waals surface area (Å²) in [5.74, 6) is 0.190. The van der Waals surface area contributed by atoms with Crippen molar-refractivity contribution in [2.24, 2.45) is 5.41 Å². The summed E-state index contributed by atoms with van der Waals surface area (Å²) in [5.41, 5.74) is -0.288. The molecule has 1 rings (SSSR count). The summed E-state index contributed by atoms with van der Waals surface area (Å²) >= 11 is 0. The van der Waals surface area contributed by atoms with E-state index in [0.29, 0.717) is 13.2 Å². The van der Waals surface area contributed by atoms with E-state index in [2.05, 4.69) is 5.32 Å². The van der Waals surface area contributed by atoms with E-state index in [4.69, 9.17) is 4.74 Å². The van der Waals surface area contributed by atoms with E-state index in [9.17, 15) is 4.79 Å². The van der Waals surface area contributed by atoms with Gasteiger partial charge in [0.1, 0.15) is 6.10 Å². The molecule has 70 valence electrons. The zero-order valence-electron chi connectivity index (χ0n) is 8.02. The third-order valence-corrected chi connectivity index (χ3v) is 1.96. The van der Waals surface area contributed by atoms with Crippen LogP contribution >= 0.6 is 0 Å². The lowest BCUT2D eigenvalue weighted by Crippen LogP contribution is -2.46. The van der Waals surface area contributed by atoms with Crippen LogP contribution in [0.3, 0.4) is 0 Å². The highest BCUT2D eigenvalue weighted by molar-refractivity contribution is 5.88. The molecule has 0 amide bonds. The Bertz CT molecular complexity index is 166. The molecule has 1 aliphatic rings. The van der Waals surface area contributed by atoms with Crippen molar-refractivity contribution >= 4 is 5.78 Å². The highest BCUT2D eigenvalue weighted by Gasteiger charge is 2.31. The van der Waals surface area contributed by atoms with Gasteiger partial charge >= 0.3 is 0 Å². The predicted molar refractivity (Wildman–Crippen MR) is 47.1 cm³/mol. The normalized spacial score (nSPS) is 25.4. The van der Waals surface area contributed by atoms with E-state index < -0.39 is 0 Å². The Morgan fingerprint density at radius 3 is 2.58 bits per heavy atom. The molecule has 12 heavy (non-hydrogen) atoms. The maximum atomic E-state index is 11.7. The molecule has 0 spiro atoms. The average Bonchev–Trinajstić information content (AvgIpc) is 2.03. The first-order chi connectivity index (χ1) is 5.52. The minimum absolute atomic E-state index is 0.190. The fourth-order valence-corrected chi connectivity index (χ4v) is 1.22. The Labute approximate surface area is 73.5 Å². The van der Waals surface area contributed by atoms with Gasteiger partial charge in [-0.2, -0.15) is 0 Å². The molecule has 1 saturated heterocycles. The van der Waals surface area contributed by atoms with Crippen LogP contribution in [-0.4, -0.2) is 31.6 Å². The molecule has 3 nitrogen and oxygen atoms in total. The van der Waals surface area contributed by atoms with Crippen LogP contribution in [0.5, 0.6) is 0 Å². The van der Waals surface area contributed by atoms with E-state index in [-0.39, 0.29) is 17.3 Å². The molecule has 0 aliphatic carbocycles. The van der Waals surface area contributed by atoms with E-state index in [0.717, 1.165) is 6.54 Å². The van der Waals surface area contributed by atoms with Crippen LogP contribution in [0.4, 0.5) is 0 Å². The Kier molecular flexibility index (Phi) is 2.85. The molecule has 0 radical (unpaired) electrons. The molecule has 0 saturated carbocycles. The van der Waals surface area contributed by atoms with E-state index in [1.807, 2.05) is 20.8 Å². The number of nitrogens with one attached hydrogen (secondary N) is 1. The van der Waals surface area contributed by atoms with Crippen LogP contribution in [0.1, 0.15) is 20.8 Å². The second kappa shape index (κ2) is 3.54. The van der Waals surface area contributed by atoms with Gasteiger partial charge in [-0.1, -0.05) is 20.8 Å². The zero-order chi connectivity index (χ0) is 9.19. The SMILES string of the molecule is CC(C)(C)C(=O)C1CNCCO1. The molecule has 0 aromatic carbocycles. The largest absolute Gasteiger partial charge is 0.368 e. The fraction of sp³-hybridized carbons (Fsp3) is 0.889. The smallest absolute Gasteiger partial charge is 0.168 e. The van der Waals surface area contributed by atoms with Crippen LogP contribution in [-0.2, 0) is 9.53 Å². The minimum atomic E-state index is -0.288. The van der Waals surface area contributed by atoms with Crippen LogP contribution in [0.2, 0.25) is 0 Å². The summed E-state index contributed by atoms with van der Waals surface area (Å²) in [5, 5.41) is 3.14. The maximum Gasteiger partial charge on any atom is 0.168 e. The summed E-state index contributed by atoms with van der Waals surface area (Å²) in [6.07, 6.45) is -0.237. The Morgan fingerprint density at radius 1 is 1.50 bits per heavy atom. The van der Waals surface area contributed by atoms with Crippen molar-refractivity contribution in [3.8, 4) is 0 Å². The number of ketones is 1. The van der Waals surface area contributed by atoms with Gasteiger partial charge in [-0.05, 0) is 0 Å². The van der Waals surface area contributed by atoms with Gasteiger partial charge in [0.15, 0.2) is 5.78 Å². The maximum absolute atomic E-state index is 11.7. The number of carbonyl (C=O) groups is 1. The van der Waals surface area contributed by atoms with Crippen molar-refractivity contribution in [1.29, 1.82) is 0 Å².